The Bertz CT molecular complexity index is 218. The van der Waals surface area contributed by atoms with Crippen molar-refractivity contribution < 1.29 is 0 Å². The van der Waals surface area contributed by atoms with Crippen molar-refractivity contribution in [3.63, 3.8) is 0 Å². The van der Waals surface area contributed by atoms with Gasteiger partial charge in [-0.05, 0) is 12.8 Å². The van der Waals surface area contributed by atoms with Gasteiger partial charge in [-0.2, -0.15) is 0 Å². The smallest absolute Gasteiger partial charge is 0.00886 e. The maximum atomic E-state index is 3.88. The lowest BCUT2D eigenvalue weighted by molar-refractivity contribution is 0.562. The van der Waals surface area contributed by atoms with Gasteiger partial charge >= 0.3 is 0 Å². The van der Waals surface area contributed by atoms with Gasteiger partial charge in [0.05, 0.1) is 0 Å². The van der Waals surface area contributed by atoms with E-state index < -0.39 is 0 Å². The van der Waals surface area contributed by atoms with E-state index in [-0.39, 0.29) is 0 Å². The average molecular weight is 277 g/mol. The molecule has 0 spiro atoms. The number of rotatable bonds is 14. The molecule has 0 aromatic heterocycles. The molecule has 20 heavy (non-hydrogen) atoms. The van der Waals surface area contributed by atoms with Crippen LogP contribution in [-0.4, -0.2) is 0 Å². The molecule has 0 atom stereocenters. The largest absolute Gasteiger partial charge is 0.103 e. The average Bonchev–Trinajstić information content (AvgIpc) is 2.47. The Hall–Kier alpha value is -0.440. The molecule has 0 aromatic carbocycles. The lowest BCUT2D eigenvalue weighted by atomic mass is 10.1. The Morgan fingerprint density at radius 1 is 0.400 bits per heavy atom. The minimum Gasteiger partial charge on any atom is -0.103 e. The van der Waals surface area contributed by atoms with Crippen LogP contribution in [0.15, 0.2) is 0 Å². The van der Waals surface area contributed by atoms with E-state index in [2.05, 4.69) is 25.7 Å². The summed E-state index contributed by atoms with van der Waals surface area (Å²) in [6.07, 6.45) is 20.7. The van der Waals surface area contributed by atoms with Crippen LogP contribution >= 0.6 is 0 Å². The van der Waals surface area contributed by atoms with E-state index in [1.54, 1.807) is 0 Å². The molecular weight excluding hydrogens is 240 g/mol. The molecule has 0 nitrogen and oxygen atoms in total. The first-order chi connectivity index (χ1) is 9.91. The predicted molar refractivity (Wildman–Crippen MR) is 92.4 cm³/mol. The Morgan fingerprint density at radius 2 is 0.700 bits per heavy atom. The van der Waals surface area contributed by atoms with Crippen LogP contribution in [0, 0.1) is 25.7 Å². The first-order valence-electron chi connectivity index (χ1n) is 8.96. The summed E-state index contributed by atoms with van der Waals surface area (Å²) in [6, 6.07) is 0. The van der Waals surface area contributed by atoms with Gasteiger partial charge in [-0.1, -0.05) is 90.9 Å². The third kappa shape index (κ3) is 17.6. The lowest BCUT2D eigenvalue weighted by Gasteiger charge is -2.00. The minimum atomic E-state index is 1.07. The topological polar surface area (TPSA) is 0 Å². The zero-order chi connectivity index (χ0) is 14.7. The van der Waals surface area contributed by atoms with Gasteiger partial charge in [0.15, 0.2) is 0 Å². The van der Waals surface area contributed by atoms with Gasteiger partial charge in [-0.15, -0.1) is 11.8 Å². The standard InChI is InChI=1S/C20H36/c1-3-5-7-9-11-13-15-17-19-20-18-16-14-12-10-8-6-4-2/h1-13,15,17-20H2. The summed E-state index contributed by atoms with van der Waals surface area (Å²) in [7, 11) is 0. The van der Waals surface area contributed by atoms with E-state index in [9.17, 15) is 0 Å². The first-order valence-corrected chi connectivity index (χ1v) is 8.96. The Balaban J connectivity index is 3.04. The van der Waals surface area contributed by atoms with Gasteiger partial charge in [0.2, 0.25) is 0 Å². The molecule has 0 aliphatic rings. The van der Waals surface area contributed by atoms with E-state index in [1.165, 1.54) is 77.0 Å². The molecule has 0 saturated heterocycles. The molecule has 0 saturated carbocycles. The maximum Gasteiger partial charge on any atom is 0.00886 e. The molecule has 0 aliphatic carbocycles. The zero-order valence-corrected chi connectivity index (χ0v) is 13.7. The molecule has 116 valence electrons. The summed E-state index contributed by atoms with van der Waals surface area (Å²) >= 11 is 0. The summed E-state index contributed by atoms with van der Waals surface area (Å²) in [6.45, 7) is 7.73. The first kappa shape index (κ1) is 19.6. The zero-order valence-electron chi connectivity index (χ0n) is 13.7. The Kier molecular flexibility index (Phi) is 18.2. The monoisotopic (exact) mass is 276 g/mol. The van der Waals surface area contributed by atoms with E-state index >= 15 is 0 Å². The van der Waals surface area contributed by atoms with Crippen molar-refractivity contribution in [2.24, 2.45) is 0 Å². The summed E-state index contributed by atoms with van der Waals surface area (Å²) in [4.78, 5) is 0. The number of hydrogen-bond acceptors (Lipinski definition) is 0. The van der Waals surface area contributed by atoms with Crippen molar-refractivity contribution in [3.05, 3.63) is 13.8 Å². The van der Waals surface area contributed by atoms with Crippen LogP contribution in [0.1, 0.15) is 103 Å². The van der Waals surface area contributed by atoms with Gasteiger partial charge in [0, 0.05) is 12.8 Å². The third-order valence-electron chi connectivity index (χ3n) is 3.73. The van der Waals surface area contributed by atoms with Crippen LogP contribution in [-0.2, 0) is 0 Å². The van der Waals surface area contributed by atoms with Gasteiger partial charge in [-0.25, -0.2) is 0 Å². The van der Waals surface area contributed by atoms with Crippen molar-refractivity contribution in [3.8, 4) is 11.8 Å². The lowest BCUT2D eigenvalue weighted by Crippen LogP contribution is -1.81. The second kappa shape index (κ2) is 18.6. The van der Waals surface area contributed by atoms with Crippen LogP contribution in [0.5, 0.6) is 0 Å². The third-order valence-corrected chi connectivity index (χ3v) is 3.73. The molecule has 0 heteroatoms. The van der Waals surface area contributed by atoms with Gasteiger partial charge in [-0.3, -0.25) is 0 Å². The maximum absolute atomic E-state index is 3.88. The summed E-state index contributed by atoms with van der Waals surface area (Å²) in [5.41, 5.74) is 0. The molecular formula is C20H36. The quantitative estimate of drug-likeness (QED) is 0.239. The fourth-order valence-electron chi connectivity index (χ4n) is 2.37. The molecule has 0 bridgehead atoms. The van der Waals surface area contributed by atoms with Crippen molar-refractivity contribution in [2.75, 3.05) is 0 Å². The number of unbranched alkanes of at least 4 members (excludes halogenated alkanes) is 14. The fourth-order valence-corrected chi connectivity index (χ4v) is 2.37. The fraction of sp³-hybridized carbons (Fsp3) is 0.800. The molecule has 0 rings (SSSR count). The summed E-state index contributed by atoms with van der Waals surface area (Å²) in [5, 5.41) is 0. The second-order valence-electron chi connectivity index (χ2n) is 5.80. The molecule has 0 aromatic rings. The van der Waals surface area contributed by atoms with E-state index in [4.69, 9.17) is 0 Å². The molecule has 0 fully saturated rings. The SMILES string of the molecule is [CH2]CCCCCC#CCCCCCCCCCCC[CH2]. The molecule has 0 heterocycles. The van der Waals surface area contributed by atoms with Crippen LogP contribution in [0.3, 0.4) is 0 Å². The van der Waals surface area contributed by atoms with E-state index in [1.807, 2.05) is 0 Å². The van der Waals surface area contributed by atoms with Crippen LogP contribution in [0.2, 0.25) is 0 Å². The normalized spacial score (nSPS) is 10.3. The Labute approximate surface area is 129 Å². The van der Waals surface area contributed by atoms with Crippen molar-refractivity contribution >= 4 is 0 Å². The molecule has 2 radical (unpaired) electrons. The molecule has 0 amide bonds. The number of hydrogen-bond donors (Lipinski definition) is 0. The van der Waals surface area contributed by atoms with Crippen LogP contribution in [0.4, 0.5) is 0 Å². The van der Waals surface area contributed by atoms with Crippen molar-refractivity contribution in [1.82, 2.24) is 0 Å². The van der Waals surface area contributed by atoms with Crippen molar-refractivity contribution in [2.45, 2.75) is 103 Å². The summed E-state index contributed by atoms with van der Waals surface area (Å²) in [5.74, 6) is 6.62. The predicted octanol–water partition coefficient (Wildman–Crippen LogP) is 6.90. The molecule has 0 unspecified atom stereocenters. The van der Waals surface area contributed by atoms with Crippen LogP contribution < -0.4 is 0 Å². The highest BCUT2D eigenvalue weighted by atomic mass is 14.0. The van der Waals surface area contributed by atoms with Crippen LogP contribution in [0.25, 0.3) is 0 Å². The van der Waals surface area contributed by atoms with E-state index in [0.717, 1.165) is 25.7 Å². The van der Waals surface area contributed by atoms with Gasteiger partial charge in [0.1, 0.15) is 0 Å². The van der Waals surface area contributed by atoms with Gasteiger partial charge in [0.25, 0.3) is 0 Å². The molecule has 0 aliphatic heterocycles. The summed E-state index contributed by atoms with van der Waals surface area (Å²) < 4.78 is 0. The van der Waals surface area contributed by atoms with Crippen molar-refractivity contribution in [1.29, 1.82) is 0 Å². The highest BCUT2D eigenvalue weighted by molar-refractivity contribution is 4.98. The van der Waals surface area contributed by atoms with Gasteiger partial charge < -0.3 is 0 Å². The second-order valence-corrected chi connectivity index (χ2v) is 5.80. The minimum absolute atomic E-state index is 1.07. The Morgan fingerprint density at radius 3 is 1.10 bits per heavy atom. The van der Waals surface area contributed by atoms with E-state index in [0.29, 0.717) is 0 Å². The highest BCUT2D eigenvalue weighted by Gasteiger charge is 1.91. The molecule has 0 N–H and O–H groups in total. The highest BCUT2D eigenvalue weighted by Crippen LogP contribution is 2.11.